The fourth-order valence-electron chi connectivity index (χ4n) is 3.12. The van der Waals surface area contributed by atoms with E-state index < -0.39 is 5.97 Å². The summed E-state index contributed by atoms with van der Waals surface area (Å²) in [4.78, 5) is 20.3. The number of aromatic nitrogens is 4. The Kier molecular flexibility index (Phi) is 3.15. The number of carboxylic acid groups (broad SMARTS) is 1. The summed E-state index contributed by atoms with van der Waals surface area (Å²) in [5.74, 6) is 0.960. The molecule has 2 aromatic rings. The number of hydrogen-bond donors (Lipinski definition) is 1. The normalized spacial score (nSPS) is 14.0. The van der Waals surface area contributed by atoms with E-state index in [-0.39, 0.29) is 11.5 Å². The van der Waals surface area contributed by atoms with Gasteiger partial charge in [0, 0.05) is 17.7 Å². The number of hydrogen-bond acceptors (Lipinski definition) is 5. The second-order valence-corrected chi connectivity index (χ2v) is 6.32. The molecule has 0 radical (unpaired) electrons. The van der Waals surface area contributed by atoms with E-state index in [0.29, 0.717) is 23.1 Å². The average molecular weight is 346 g/mol. The molecule has 7 heteroatoms. The first-order chi connectivity index (χ1) is 12.7. The van der Waals surface area contributed by atoms with Crippen molar-refractivity contribution in [2.75, 3.05) is 0 Å². The predicted octanol–water partition coefficient (Wildman–Crippen LogP) is 3.60. The van der Waals surface area contributed by atoms with Crippen molar-refractivity contribution >= 4 is 5.97 Å². The molecule has 5 rings (SSSR count). The van der Waals surface area contributed by atoms with Crippen LogP contribution in [-0.4, -0.2) is 30.8 Å². The van der Waals surface area contributed by atoms with E-state index in [2.05, 4.69) is 15.1 Å². The van der Waals surface area contributed by atoms with Crippen LogP contribution in [0, 0.1) is 0 Å². The van der Waals surface area contributed by atoms with E-state index in [9.17, 15) is 9.90 Å². The van der Waals surface area contributed by atoms with Gasteiger partial charge in [-0.1, -0.05) is 12.1 Å². The van der Waals surface area contributed by atoms with E-state index in [0.717, 1.165) is 24.2 Å². The lowest BCUT2D eigenvalue weighted by Crippen LogP contribution is -2.09. The third-order valence-electron chi connectivity index (χ3n) is 4.53. The zero-order valence-corrected chi connectivity index (χ0v) is 13.7. The minimum atomic E-state index is -0.981. The van der Waals surface area contributed by atoms with Crippen molar-refractivity contribution in [3.8, 4) is 28.7 Å². The van der Waals surface area contributed by atoms with Crippen LogP contribution >= 0.6 is 0 Å². The van der Waals surface area contributed by atoms with Crippen LogP contribution in [0.4, 0.5) is 0 Å². The lowest BCUT2D eigenvalue weighted by Gasteiger charge is -2.08. The van der Waals surface area contributed by atoms with E-state index in [1.807, 2.05) is 30.3 Å². The lowest BCUT2D eigenvalue weighted by molar-refractivity contribution is 0.0695. The van der Waals surface area contributed by atoms with E-state index in [1.165, 1.54) is 10.9 Å². The summed E-state index contributed by atoms with van der Waals surface area (Å²) in [5, 5.41) is 13.6. The number of carbonyl (C=O) groups is 1. The Labute approximate surface area is 148 Å². The standard InChI is InChI=1S/C19H14N4O3/c24-18(25)13-10-21-23(17(13)12-4-5-12)19-20-9-8-14(22-19)16-7-6-11-2-1-3-15(11)26-16/h1-3,6-10,12H,4-5H2,(H,24,25). The molecule has 0 aromatic carbocycles. The van der Waals surface area contributed by atoms with Crippen molar-refractivity contribution in [1.82, 2.24) is 19.7 Å². The van der Waals surface area contributed by atoms with Gasteiger partial charge in [-0.05, 0) is 37.1 Å². The van der Waals surface area contributed by atoms with Crippen LogP contribution in [-0.2, 0) is 0 Å². The minimum absolute atomic E-state index is 0.196. The minimum Gasteiger partial charge on any atom is -0.478 e. The Balaban J connectivity index is 1.61. The van der Waals surface area contributed by atoms with Gasteiger partial charge in [-0.25, -0.2) is 19.4 Å². The molecule has 0 unspecified atom stereocenters. The zero-order chi connectivity index (χ0) is 17.7. The number of fused-ring (bicyclic) bond motifs is 1. The second-order valence-electron chi connectivity index (χ2n) is 6.32. The van der Waals surface area contributed by atoms with Crippen LogP contribution in [0.25, 0.3) is 28.7 Å². The zero-order valence-electron chi connectivity index (χ0n) is 13.7. The maximum Gasteiger partial charge on any atom is 0.339 e. The van der Waals surface area contributed by atoms with Crippen molar-refractivity contribution in [2.45, 2.75) is 18.8 Å². The summed E-state index contributed by atoms with van der Waals surface area (Å²) in [6, 6.07) is 11.4. The van der Waals surface area contributed by atoms with Crippen molar-refractivity contribution in [3.63, 3.8) is 0 Å². The van der Waals surface area contributed by atoms with Gasteiger partial charge in [0.2, 0.25) is 0 Å². The molecule has 3 heterocycles. The molecule has 1 fully saturated rings. The van der Waals surface area contributed by atoms with Crippen LogP contribution in [0.2, 0.25) is 0 Å². The highest BCUT2D eigenvalue weighted by Gasteiger charge is 2.33. The molecule has 0 amide bonds. The Morgan fingerprint density at radius 3 is 2.85 bits per heavy atom. The molecule has 0 spiro atoms. The fourth-order valence-corrected chi connectivity index (χ4v) is 3.12. The van der Waals surface area contributed by atoms with Crippen LogP contribution in [0.5, 0.6) is 0 Å². The molecule has 1 aliphatic heterocycles. The first kappa shape index (κ1) is 14.8. The predicted molar refractivity (Wildman–Crippen MR) is 92.4 cm³/mol. The van der Waals surface area contributed by atoms with Gasteiger partial charge in [-0.15, -0.1) is 0 Å². The molecule has 128 valence electrons. The summed E-state index contributed by atoms with van der Waals surface area (Å²) in [5.41, 5.74) is 2.52. The monoisotopic (exact) mass is 346 g/mol. The Bertz CT molecular complexity index is 1090. The highest BCUT2D eigenvalue weighted by atomic mass is 16.4. The van der Waals surface area contributed by atoms with Gasteiger partial charge >= 0.3 is 5.97 Å². The van der Waals surface area contributed by atoms with Crippen LogP contribution in [0.3, 0.4) is 0 Å². The number of carboxylic acids is 1. The first-order valence-corrected chi connectivity index (χ1v) is 8.34. The molecule has 2 aliphatic carbocycles. The van der Waals surface area contributed by atoms with Crippen molar-refractivity contribution in [2.24, 2.45) is 0 Å². The third-order valence-corrected chi connectivity index (χ3v) is 4.53. The molecule has 0 bridgehead atoms. The fraction of sp³-hybridized carbons (Fsp3) is 0.158. The van der Waals surface area contributed by atoms with Crippen molar-refractivity contribution in [3.05, 3.63) is 60.0 Å². The van der Waals surface area contributed by atoms with E-state index in [4.69, 9.17) is 4.42 Å². The molecule has 0 atom stereocenters. The SMILES string of the molecule is O=C(O)c1cnn(-c2nccc(-c3ccc4cccc-4o3)n2)c1C1CC1. The Hall–Kier alpha value is -3.48. The van der Waals surface area contributed by atoms with Gasteiger partial charge in [0.25, 0.3) is 5.95 Å². The van der Waals surface area contributed by atoms with Crippen LogP contribution in [0.15, 0.2) is 53.2 Å². The molecular weight excluding hydrogens is 332 g/mol. The largest absolute Gasteiger partial charge is 0.478 e. The molecule has 0 saturated heterocycles. The lowest BCUT2D eigenvalue weighted by atomic mass is 10.2. The summed E-state index contributed by atoms with van der Waals surface area (Å²) < 4.78 is 7.43. The summed E-state index contributed by atoms with van der Waals surface area (Å²) in [6.07, 6.45) is 4.90. The highest BCUT2D eigenvalue weighted by molar-refractivity contribution is 5.89. The first-order valence-electron chi connectivity index (χ1n) is 8.34. The van der Waals surface area contributed by atoms with Crippen molar-refractivity contribution < 1.29 is 14.3 Å². The molecular formula is C19H14N4O3. The van der Waals surface area contributed by atoms with Crippen molar-refractivity contribution in [1.29, 1.82) is 0 Å². The molecule has 3 aliphatic rings. The molecule has 1 N–H and O–H groups in total. The molecule has 7 nitrogen and oxygen atoms in total. The summed E-state index contributed by atoms with van der Waals surface area (Å²) in [6.45, 7) is 0. The quantitative estimate of drug-likeness (QED) is 0.607. The Morgan fingerprint density at radius 1 is 1.15 bits per heavy atom. The number of aromatic carboxylic acids is 1. The average Bonchev–Trinajstić information content (AvgIpc) is 3.21. The highest BCUT2D eigenvalue weighted by Crippen LogP contribution is 2.42. The van der Waals surface area contributed by atoms with Crippen LogP contribution < -0.4 is 0 Å². The maximum absolute atomic E-state index is 11.5. The maximum atomic E-state index is 11.5. The third kappa shape index (κ3) is 2.36. The molecule has 2 aromatic heterocycles. The molecule has 1 saturated carbocycles. The van der Waals surface area contributed by atoms with Gasteiger partial charge in [0.15, 0.2) is 5.76 Å². The van der Waals surface area contributed by atoms with Crippen LogP contribution in [0.1, 0.15) is 34.8 Å². The number of rotatable bonds is 4. The Morgan fingerprint density at radius 2 is 2.04 bits per heavy atom. The smallest absolute Gasteiger partial charge is 0.339 e. The van der Waals surface area contributed by atoms with Gasteiger partial charge in [-0.2, -0.15) is 5.10 Å². The van der Waals surface area contributed by atoms with E-state index in [1.54, 1.807) is 12.3 Å². The topological polar surface area (TPSA) is 94.0 Å². The second kappa shape index (κ2) is 5.52. The van der Waals surface area contributed by atoms with Gasteiger partial charge < -0.3 is 9.52 Å². The van der Waals surface area contributed by atoms with Gasteiger partial charge in [0.05, 0.1) is 11.9 Å². The van der Waals surface area contributed by atoms with E-state index >= 15 is 0 Å². The molecule has 26 heavy (non-hydrogen) atoms. The summed E-state index contributed by atoms with van der Waals surface area (Å²) >= 11 is 0. The summed E-state index contributed by atoms with van der Waals surface area (Å²) in [7, 11) is 0. The van der Waals surface area contributed by atoms with Gasteiger partial charge in [-0.3, -0.25) is 0 Å². The van der Waals surface area contributed by atoms with Gasteiger partial charge in [0.1, 0.15) is 17.0 Å². The number of nitrogens with zero attached hydrogens (tertiary/aromatic N) is 4.